The lowest BCUT2D eigenvalue weighted by molar-refractivity contribution is -0.141. The molecule has 1 aromatic carbocycles. The Morgan fingerprint density at radius 1 is 1.26 bits per heavy atom. The van der Waals surface area contributed by atoms with Gasteiger partial charge in [-0.15, -0.1) is 0 Å². The molecule has 6 rings (SSSR count). The molecule has 1 aromatic rings. The summed E-state index contributed by atoms with van der Waals surface area (Å²) in [5.41, 5.74) is 9.25. The van der Waals surface area contributed by atoms with Crippen molar-refractivity contribution >= 4 is 17.7 Å². The van der Waals surface area contributed by atoms with Crippen molar-refractivity contribution in [2.45, 2.75) is 68.4 Å². The predicted octanol–water partition coefficient (Wildman–Crippen LogP) is 0.159. The zero-order valence-electron chi connectivity index (χ0n) is 19.3. The Kier molecular flexibility index (Phi) is 4.94. The number of nitrogens with zero attached hydrogens (tertiary/aromatic N) is 4. The van der Waals surface area contributed by atoms with E-state index in [1.54, 1.807) is 11.9 Å². The lowest BCUT2D eigenvalue weighted by Crippen LogP contribution is -2.57. The molecule has 3 aliphatic heterocycles. The monoisotopic (exact) mass is 462 g/mol. The van der Waals surface area contributed by atoms with E-state index in [0.29, 0.717) is 24.6 Å². The number of hydrogen-bond acceptors (Lipinski definition) is 6. The second-order valence-corrected chi connectivity index (χ2v) is 10.4. The van der Waals surface area contributed by atoms with E-state index < -0.39 is 6.04 Å². The van der Waals surface area contributed by atoms with Crippen LogP contribution in [-0.2, 0) is 16.0 Å². The molecule has 3 amide bonds. The normalized spacial score (nSPS) is 34.1. The van der Waals surface area contributed by atoms with E-state index in [4.69, 9.17) is 5.73 Å². The summed E-state index contributed by atoms with van der Waals surface area (Å²) in [4.78, 5) is 44.2. The number of piperidine rings is 1. The number of amides is 3. The largest absolute Gasteiger partial charge is 0.355 e. The van der Waals surface area contributed by atoms with Gasteiger partial charge in [-0.25, -0.2) is 0 Å². The van der Waals surface area contributed by atoms with Crippen LogP contribution in [0.1, 0.15) is 53.2 Å². The Labute approximate surface area is 198 Å². The van der Waals surface area contributed by atoms with E-state index in [1.807, 2.05) is 23.1 Å². The smallest absolute Gasteiger partial charge is 0.251 e. The van der Waals surface area contributed by atoms with Crippen LogP contribution >= 0.6 is 0 Å². The molecule has 3 saturated heterocycles. The number of nitrogens with two attached hydrogens (primary N) is 1. The van der Waals surface area contributed by atoms with E-state index >= 15 is 0 Å². The molecule has 2 aliphatic carbocycles. The van der Waals surface area contributed by atoms with E-state index in [9.17, 15) is 19.6 Å². The number of aryl methyl sites for hydroxylation is 1. The first-order valence-corrected chi connectivity index (χ1v) is 12.3. The van der Waals surface area contributed by atoms with Crippen LogP contribution in [-0.4, -0.2) is 82.8 Å². The van der Waals surface area contributed by atoms with E-state index in [0.717, 1.165) is 43.2 Å². The van der Waals surface area contributed by atoms with Crippen molar-refractivity contribution in [2.75, 3.05) is 20.1 Å². The summed E-state index contributed by atoms with van der Waals surface area (Å²) in [6.07, 6.45) is 4.22. The summed E-state index contributed by atoms with van der Waals surface area (Å²) in [5, 5.41) is 12.1. The van der Waals surface area contributed by atoms with Crippen LogP contribution in [0.2, 0.25) is 0 Å². The van der Waals surface area contributed by atoms with Gasteiger partial charge in [-0.05, 0) is 61.3 Å². The van der Waals surface area contributed by atoms with Crippen molar-refractivity contribution < 1.29 is 14.4 Å². The van der Waals surface area contributed by atoms with Crippen LogP contribution in [0.3, 0.4) is 0 Å². The molecule has 178 valence electrons. The molecule has 3 N–H and O–H groups in total. The fourth-order valence-corrected chi connectivity index (χ4v) is 6.88. The average molecular weight is 463 g/mol. The second kappa shape index (κ2) is 7.79. The highest BCUT2D eigenvalue weighted by Gasteiger charge is 2.56. The van der Waals surface area contributed by atoms with Crippen molar-refractivity contribution in [1.82, 2.24) is 20.0 Å². The van der Waals surface area contributed by atoms with Gasteiger partial charge in [-0.3, -0.25) is 19.3 Å². The molecule has 7 atom stereocenters. The Bertz CT molecular complexity index is 1110. The third kappa shape index (κ3) is 3.16. The number of benzene rings is 1. The Morgan fingerprint density at radius 3 is 2.82 bits per heavy atom. The lowest BCUT2D eigenvalue weighted by Gasteiger charge is -2.38. The predicted molar refractivity (Wildman–Crippen MR) is 122 cm³/mol. The maximum absolute atomic E-state index is 13.4. The van der Waals surface area contributed by atoms with Gasteiger partial charge in [0.05, 0.1) is 24.2 Å². The van der Waals surface area contributed by atoms with Gasteiger partial charge in [-0.2, -0.15) is 5.26 Å². The maximum Gasteiger partial charge on any atom is 0.251 e. The highest BCUT2D eigenvalue weighted by atomic mass is 16.2. The highest BCUT2D eigenvalue weighted by molar-refractivity contribution is 5.94. The van der Waals surface area contributed by atoms with Crippen LogP contribution < -0.4 is 11.1 Å². The van der Waals surface area contributed by atoms with Crippen LogP contribution in [0.4, 0.5) is 0 Å². The summed E-state index contributed by atoms with van der Waals surface area (Å²) in [7, 11) is 1.62. The zero-order chi connectivity index (χ0) is 23.7. The minimum atomic E-state index is -0.717. The molecule has 4 fully saturated rings. The van der Waals surface area contributed by atoms with Gasteiger partial charge in [0, 0.05) is 37.8 Å². The van der Waals surface area contributed by atoms with Gasteiger partial charge < -0.3 is 20.9 Å². The second-order valence-electron chi connectivity index (χ2n) is 10.4. The third-order valence-electron chi connectivity index (χ3n) is 8.58. The number of rotatable bonds is 5. The summed E-state index contributed by atoms with van der Waals surface area (Å²) >= 11 is 0. The summed E-state index contributed by atoms with van der Waals surface area (Å²) < 4.78 is 0. The van der Waals surface area contributed by atoms with Crippen LogP contribution in [0.5, 0.6) is 0 Å². The van der Waals surface area contributed by atoms with Gasteiger partial charge in [-0.1, -0.05) is 6.07 Å². The first kappa shape index (κ1) is 21.6. The molecule has 34 heavy (non-hydrogen) atoms. The quantitative estimate of drug-likeness (QED) is 0.643. The van der Waals surface area contributed by atoms with Gasteiger partial charge in [0.2, 0.25) is 11.8 Å². The summed E-state index contributed by atoms with van der Waals surface area (Å²) in [5.74, 6) is 0.319. The SMILES string of the molecule is CNC(=O)c1ccc2c(c1)CC[C@@H]2N1C(=O)[C@@H]2C[C@H]1CN2C[C@H](N)C(=O)N1[C@H](C#N)CC2C[C@@H]21. The fourth-order valence-electron chi connectivity index (χ4n) is 6.88. The number of piperazine rings is 1. The molecule has 0 spiro atoms. The average Bonchev–Trinajstić information content (AvgIpc) is 3.18. The molecular formula is C25H30N6O3. The van der Waals surface area contributed by atoms with Gasteiger partial charge >= 0.3 is 0 Å². The lowest BCUT2D eigenvalue weighted by atomic mass is 10.0. The van der Waals surface area contributed by atoms with Crippen LogP contribution in [0, 0.1) is 17.2 Å². The molecule has 0 aromatic heterocycles. The first-order chi connectivity index (χ1) is 16.4. The van der Waals surface area contributed by atoms with Crippen LogP contribution in [0.25, 0.3) is 0 Å². The molecule has 0 radical (unpaired) electrons. The van der Waals surface area contributed by atoms with Gasteiger partial charge in [0.25, 0.3) is 5.91 Å². The Balaban J connectivity index is 1.12. The number of fused-ring (bicyclic) bond motifs is 4. The summed E-state index contributed by atoms with van der Waals surface area (Å²) in [6, 6.07) is 7.05. The van der Waals surface area contributed by atoms with Crippen molar-refractivity contribution in [3.8, 4) is 6.07 Å². The van der Waals surface area contributed by atoms with Gasteiger partial charge in [0.1, 0.15) is 6.04 Å². The van der Waals surface area contributed by atoms with Crippen molar-refractivity contribution in [2.24, 2.45) is 11.7 Å². The highest BCUT2D eigenvalue weighted by Crippen LogP contribution is 2.48. The van der Waals surface area contributed by atoms with Gasteiger partial charge in [0.15, 0.2) is 0 Å². The minimum absolute atomic E-state index is 0.0430. The molecule has 3 heterocycles. The minimum Gasteiger partial charge on any atom is -0.355 e. The molecular weight excluding hydrogens is 432 g/mol. The Morgan fingerprint density at radius 2 is 2.09 bits per heavy atom. The van der Waals surface area contributed by atoms with Crippen molar-refractivity contribution in [3.63, 3.8) is 0 Å². The number of likely N-dealkylation sites (tertiary alicyclic amines) is 3. The molecule has 2 bridgehead atoms. The fraction of sp³-hybridized carbons (Fsp3) is 0.600. The Hall–Kier alpha value is -2.96. The molecule has 9 nitrogen and oxygen atoms in total. The topological polar surface area (TPSA) is 123 Å². The van der Waals surface area contributed by atoms with Crippen molar-refractivity contribution in [3.05, 3.63) is 34.9 Å². The van der Waals surface area contributed by atoms with E-state index in [-0.39, 0.29) is 47.9 Å². The number of hydrogen-bond donors (Lipinski definition) is 2. The number of carbonyl (C=O) groups excluding carboxylic acids is 3. The van der Waals surface area contributed by atoms with E-state index in [2.05, 4.69) is 16.3 Å². The van der Waals surface area contributed by atoms with Crippen LogP contribution in [0.15, 0.2) is 18.2 Å². The molecule has 9 heteroatoms. The molecule has 1 saturated carbocycles. The van der Waals surface area contributed by atoms with Crippen molar-refractivity contribution in [1.29, 1.82) is 5.26 Å². The number of nitrogens with one attached hydrogen (secondary N) is 1. The number of nitriles is 1. The molecule has 1 unspecified atom stereocenters. The third-order valence-corrected chi connectivity index (χ3v) is 8.58. The molecule has 5 aliphatic rings. The zero-order valence-corrected chi connectivity index (χ0v) is 19.3. The summed E-state index contributed by atoms with van der Waals surface area (Å²) in [6.45, 7) is 1.07. The van der Waals surface area contributed by atoms with E-state index in [1.165, 1.54) is 0 Å². The maximum atomic E-state index is 13.4. The standard InChI is InChI=1S/C25H30N6O3/c1-28-23(32)14-2-4-18-13(6-14)3-5-20(18)31-17-9-22(25(31)34)29(11-17)12-19(27)24(33)30-16(10-26)7-15-8-21(15)30/h2,4,6,15-17,19-22H,3,5,7-9,11-12,27H2,1H3,(H,28,32)/t15?,16-,17-,19-,20-,21-,22-/m0/s1. The number of carbonyl (C=O) groups is 3. The first-order valence-electron chi connectivity index (χ1n) is 12.3.